The fraction of sp³-hybridized carbons (Fsp3) is 0.400. The van der Waals surface area contributed by atoms with Gasteiger partial charge < -0.3 is 4.90 Å². The molecule has 0 radical (unpaired) electrons. The number of nitrogens with zero attached hydrogens (tertiary/aromatic N) is 7. The van der Waals surface area contributed by atoms with E-state index in [1.54, 1.807) is 6.20 Å². The minimum atomic E-state index is -0.144. The zero-order valence-corrected chi connectivity index (χ0v) is 15.7. The van der Waals surface area contributed by atoms with Crippen molar-refractivity contribution in [2.45, 2.75) is 19.4 Å². The number of fused-ring (bicyclic) bond motifs is 1. The van der Waals surface area contributed by atoms with Gasteiger partial charge in [0.05, 0.1) is 17.6 Å². The summed E-state index contributed by atoms with van der Waals surface area (Å²) in [6.45, 7) is 6.09. The van der Waals surface area contributed by atoms with Crippen molar-refractivity contribution in [1.82, 2.24) is 15.1 Å². The number of anilines is 1. The Kier molecular flexibility index (Phi) is 5.08. The number of aliphatic imine (C=N–C) groups is 2. The third-order valence-electron chi connectivity index (χ3n) is 5.21. The molecule has 1 saturated heterocycles. The maximum absolute atomic E-state index is 12.0. The molecule has 0 aromatic carbocycles. The minimum Gasteiger partial charge on any atom is -0.367 e. The molecule has 28 heavy (non-hydrogen) atoms. The van der Waals surface area contributed by atoms with Gasteiger partial charge in [0, 0.05) is 44.5 Å². The Morgan fingerprint density at radius 1 is 1.29 bits per heavy atom. The van der Waals surface area contributed by atoms with Gasteiger partial charge in [0.1, 0.15) is 12.1 Å². The van der Waals surface area contributed by atoms with E-state index in [1.165, 1.54) is 0 Å². The van der Waals surface area contributed by atoms with Gasteiger partial charge in [-0.15, -0.1) is 5.10 Å². The lowest BCUT2D eigenvalue weighted by Gasteiger charge is -2.36. The van der Waals surface area contributed by atoms with Gasteiger partial charge in [0.25, 0.3) is 5.91 Å². The van der Waals surface area contributed by atoms with E-state index in [-0.39, 0.29) is 11.9 Å². The van der Waals surface area contributed by atoms with Gasteiger partial charge in [0.2, 0.25) is 0 Å². The van der Waals surface area contributed by atoms with Crippen molar-refractivity contribution in [3.8, 4) is 6.07 Å². The van der Waals surface area contributed by atoms with E-state index < -0.39 is 0 Å². The summed E-state index contributed by atoms with van der Waals surface area (Å²) < 4.78 is 0. The highest BCUT2D eigenvalue weighted by Crippen LogP contribution is 2.21. The minimum absolute atomic E-state index is 0.128. The Morgan fingerprint density at radius 2 is 2.11 bits per heavy atom. The van der Waals surface area contributed by atoms with Gasteiger partial charge in [-0.25, -0.2) is 4.99 Å². The number of carbonyl (C=O) groups excluding carboxylic acids is 1. The molecule has 1 atom stereocenters. The summed E-state index contributed by atoms with van der Waals surface area (Å²) in [6, 6.07) is 3.82. The van der Waals surface area contributed by atoms with Crippen LogP contribution in [0.4, 0.5) is 5.69 Å². The van der Waals surface area contributed by atoms with Gasteiger partial charge in [-0.05, 0) is 30.2 Å². The summed E-state index contributed by atoms with van der Waals surface area (Å²) >= 11 is 0. The molecule has 1 fully saturated rings. The Labute approximate surface area is 163 Å². The molecule has 1 aromatic rings. The summed E-state index contributed by atoms with van der Waals surface area (Å²) in [5, 5.41) is 16.9. The van der Waals surface area contributed by atoms with Crippen LogP contribution in [0.3, 0.4) is 0 Å². The monoisotopic (exact) mass is 375 g/mol. The lowest BCUT2D eigenvalue weighted by Crippen LogP contribution is -2.47. The normalized spacial score (nSPS) is 22.1. The fourth-order valence-electron chi connectivity index (χ4n) is 3.66. The van der Waals surface area contributed by atoms with E-state index in [0.29, 0.717) is 12.1 Å². The first-order valence-electron chi connectivity index (χ1n) is 9.44. The zero-order chi connectivity index (χ0) is 19.5. The molecule has 1 unspecified atom stereocenters. The third kappa shape index (κ3) is 3.62. The molecule has 0 saturated carbocycles. The molecule has 0 N–H and O–H groups in total. The third-order valence-corrected chi connectivity index (χ3v) is 5.21. The smallest absolute Gasteiger partial charge is 0.272 e. The number of rotatable bonds is 4. The Hall–Kier alpha value is -3.18. The molecule has 1 amide bonds. The summed E-state index contributed by atoms with van der Waals surface area (Å²) in [4.78, 5) is 25.3. The first-order chi connectivity index (χ1) is 13.7. The number of amides is 1. The van der Waals surface area contributed by atoms with Gasteiger partial charge >= 0.3 is 0 Å². The van der Waals surface area contributed by atoms with Crippen molar-refractivity contribution < 1.29 is 4.79 Å². The summed E-state index contributed by atoms with van der Waals surface area (Å²) in [5.41, 5.74) is 3.74. The van der Waals surface area contributed by atoms with Crippen LogP contribution >= 0.6 is 0 Å². The quantitative estimate of drug-likeness (QED) is 0.783. The maximum atomic E-state index is 12.0. The molecule has 0 bridgehead atoms. The van der Waals surface area contributed by atoms with Crippen LogP contribution in [0.25, 0.3) is 0 Å². The second kappa shape index (κ2) is 7.82. The van der Waals surface area contributed by atoms with Crippen LogP contribution in [0.1, 0.15) is 19.0 Å². The highest BCUT2D eigenvalue weighted by Gasteiger charge is 2.25. The van der Waals surface area contributed by atoms with Crippen LogP contribution < -0.4 is 4.90 Å². The predicted molar refractivity (Wildman–Crippen MR) is 107 cm³/mol. The number of aromatic nitrogens is 2. The SMILES string of the molecule is CCC1=CC2N=CC(CN3CCN(c4ccnnc4C#N)CC3)=CC2=NC1=O. The van der Waals surface area contributed by atoms with Gasteiger partial charge in [-0.3, -0.25) is 14.7 Å². The number of nitriles is 1. The van der Waals surface area contributed by atoms with Crippen molar-refractivity contribution in [3.05, 3.63) is 41.3 Å². The van der Waals surface area contributed by atoms with Gasteiger partial charge in [0.15, 0.2) is 5.69 Å². The first kappa shape index (κ1) is 18.2. The lowest BCUT2D eigenvalue weighted by molar-refractivity contribution is -0.114. The number of carbonyl (C=O) groups is 1. The van der Waals surface area contributed by atoms with Crippen LogP contribution in [0, 0.1) is 11.3 Å². The standard InChI is InChI=1S/C20H21N7O/c1-2-15-10-16-17(24-20(15)28)9-14(12-22-16)13-26-5-7-27(8-6-26)19-3-4-23-25-18(19)11-21/h3-4,9-10,12,16H,2,5-8,13H2,1H3. The van der Waals surface area contributed by atoms with E-state index in [9.17, 15) is 10.1 Å². The topological polar surface area (TPSA) is 97.8 Å². The molecule has 8 nitrogen and oxygen atoms in total. The fourth-order valence-corrected chi connectivity index (χ4v) is 3.66. The van der Waals surface area contributed by atoms with Crippen LogP contribution in [0.5, 0.6) is 0 Å². The van der Waals surface area contributed by atoms with E-state index in [2.05, 4.69) is 36.1 Å². The Bertz CT molecular complexity index is 946. The molecule has 3 aliphatic heterocycles. The van der Waals surface area contributed by atoms with Crippen molar-refractivity contribution in [2.75, 3.05) is 37.6 Å². The van der Waals surface area contributed by atoms with Gasteiger partial charge in [-0.2, -0.15) is 10.4 Å². The van der Waals surface area contributed by atoms with E-state index >= 15 is 0 Å². The molecular weight excluding hydrogens is 354 g/mol. The lowest BCUT2D eigenvalue weighted by atomic mass is 9.98. The largest absolute Gasteiger partial charge is 0.367 e. The molecule has 1 aromatic heterocycles. The zero-order valence-electron chi connectivity index (χ0n) is 15.7. The van der Waals surface area contributed by atoms with E-state index in [0.717, 1.165) is 55.3 Å². The summed E-state index contributed by atoms with van der Waals surface area (Å²) in [6.07, 6.45) is 8.11. The molecule has 3 aliphatic rings. The summed E-state index contributed by atoms with van der Waals surface area (Å²) in [7, 11) is 0. The highest BCUT2D eigenvalue weighted by atomic mass is 16.1. The molecule has 4 heterocycles. The van der Waals surface area contributed by atoms with Crippen LogP contribution in [-0.2, 0) is 4.79 Å². The number of hydrogen-bond acceptors (Lipinski definition) is 7. The van der Waals surface area contributed by atoms with Crippen molar-refractivity contribution in [1.29, 1.82) is 5.26 Å². The average Bonchev–Trinajstić information content (AvgIpc) is 2.73. The van der Waals surface area contributed by atoms with Crippen molar-refractivity contribution in [2.24, 2.45) is 9.98 Å². The molecular formula is C20H21N7O. The van der Waals surface area contributed by atoms with Crippen LogP contribution in [0.2, 0.25) is 0 Å². The maximum Gasteiger partial charge on any atom is 0.272 e. The van der Waals surface area contributed by atoms with Crippen LogP contribution in [0.15, 0.2) is 45.5 Å². The second-order valence-electron chi connectivity index (χ2n) is 6.97. The number of piperazine rings is 1. The van der Waals surface area contributed by atoms with Crippen molar-refractivity contribution in [3.63, 3.8) is 0 Å². The van der Waals surface area contributed by atoms with Crippen molar-refractivity contribution >= 4 is 23.5 Å². The molecule has 0 spiro atoms. The number of hydrogen-bond donors (Lipinski definition) is 0. The Balaban J connectivity index is 1.38. The van der Waals surface area contributed by atoms with E-state index in [1.807, 2.05) is 31.4 Å². The summed E-state index contributed by atoms with van der Waals surface area (Å²) in [5.74, 6) is -0.144. The van der Waals surface area contributed by atoms with Gasteiger partial charge in [-0.1, -0.05) is 6.92 Å². The molecule has 142 valence electrons. The molecule has 8 heteroatoms. The average molecular weight is 375 g/mol. The Morgan fingerprint density at radius 3 is 2.86 bits per heavy atom. The van der Waals surface area contributed by atoms with Crippen LogP contribution in [-0.4, -0.2) is 71.7 Å². The second-order valence-corrected chi connectivity index (χ2v) is 6.97. The van der Waals surface area contributed by atoms with E-state index in [4.69, 9.17) is 0 Å². The first-order valence-corrected chi connectivity index (χ1v) is 9.44. The highest BCUT2D eigenvalue weighted by molar-refractivity contribution is 6.16. The number of dihydropyridines is 2. The predicted octanol–water partition coefficient (Wildman–Crippen LogP) is 1.17. The molecule has 0 aliphatic carbocycles. The molecule has 4 rings (SSSR count).